The Hall–Kier alpha value is -3.00. The summed E-state index contributed by atoms with van der Waals surface area (Å²) in [7, 11) is 0. The number of nitrogens with zero attached hydrogens (tertiary/aromatic N) is 1. The number of rotatable bonds is 4. The maximum Gasteiger partial charge on any atom is 0.408 e. The van der Waals surface area contributed by atoms with E-state index in [4.69, 9.17) is 9.47 Å². The van der Waals surface area contributed by atoms with Gasteiger partial charge in [-0.25, -0.2) is 4.79 Å². The SMILES string of the molecule is CC(C)(C)OC(=O)NCC#Cc1cncc(OCc2ccccc2)c1. The molecule has 0 aliphatic heterocycles. The van der Waals surface area contributed by atoms with Crippen LogP contribution in [0.2, 0.25) is 0 Å². The number of carbonyl (C=O) groups is 1. The molecule has 0 bridgehead atoms. The van der Waals surface area contributed by atoms with Crippen LogP contribution in [0, 0.1) is 11.8 Å². The Morgan fingerprint density at radius 3 is 2.68 bits per heavy atom. The molecule has 0 fully saturated rings. The highest BCUT2D eigenvalue weighted by Crippen LogP contribution is 2.12. The van der Waals surface area contributed by atoms with Crippen molar-refractivity contribution in [2.24, 2.45) is 0 Å². The summed E-state index contributed by atoms with van der Waals surface area (Å²) < 4.78 is 10.8. The molecule has 0 unspecified atom stereocenters. The van der Waals surface area contributed by atoms with E-state index in [1.54, 1.807) is 12.4 Å². The summed E-state index contributed by atoms with van der Waals surface area (Å²) in [5.41, 5.74) is 1.28. The van der Waals surface area contributed by atoms with Gasteiger partial charge in [0.2, 0.25) is 0 Å². The van der Waals surface area contributed by atoms with Crippen molar-refractivity contribution in [3.63, 3.8) is 0 Å². The number of aromatic nitrogens is 1. The van der Waals surface area contributed by atoms with Crippen molar-refractivity contribution in [2.45, 2.75) is 33.0 Å². The Morgan fingerprint density at radius 1 is 1.20 bits per heavy atom. The summed E-state index contributed by atoms with van der Waals surface area (Å²) >= 11 is 0. The van der Waals surface area contributed by atoms with Gasteiger partial charge in [-0.15, -0.1) is 0 Å². The maximum atomic E-state index is 11.5. The van der Waals surface area contributed by atoms with E-state index in [-0.39, 0.29) is 6.54 Å². The average Bonchev–Trinajstić information content (AvgIpc) is 2.57. The minimum Gasteiger partial charge on any atom is -0.487 e. The van der Waals surface area contributed by atoms with Gasteiger partial charge in [-0.05, 0) is 32.4 Å². The lowest BCUT2D eigenvalue weighted by molar-refractivity contribution is 0.0535. The molecule has 1 heterocycles. The second-order valence-electron chi connectivity index (χ2n) is 6.34. The highest BCUT2D eigenvalue weighted by Gasteiger charge is 2.14. The number of nitrogens with one attached hydrogen (secondary N) is 1. The van der Waals surface area contributed by atoms with Gasteiger partial charge < -0.3 is 14.8 Å². The zero-order valence-electron chi connectivity index (χ0n) is 14.7. The summed E-state index contributed by atoms with van der Waals surface area (Å²) in [5, 5.41) is 2.58. The van der Waals surface area contributed by atoms with Crippen molar-refractivity contribution in [3.05, 3.63) is 59.9 Å². The molecule has 130 valence electrons. The number of pyridine rings is 1. The normalized spacial score (nSPS) is 10.4. The van der Waals surface area contributed by atoms with Crippen LogP contribution in [0.3, 0.4) is 0 Å². The molecule has 1 aromatic carbocycles. The highest BCUT2D eigenvalue weighted by atomic mass is 16.6. The molecule has 2 aromatic rings. The molecule has 25 heavy (non-hydrogen) atoms. The van der Waals surface area contributed by atoms with E-state index in [1.807, 2.05) is 57.2 Å². The first kappa shape index (κ1) is 18.3. The smallest absolute Gasteiger partial charge is 0.408 e. The standard InChI is InChI=1S/C20H22N2O3/c1-20(2,3)25-19(23)22-11-7-10-17-12-18(14-21-13-17)24-15-16-8-5-4-6-9-16/h4-6,8-9,12-14H,11,15H2,1-3H3,(H,22,23). The molecule has 0 atom stereocenters. The third-order valence-corrected chi connectivity index (χ3v) is 2.91. The van der Waals surface area contributed by atoms with E-state index in [9.17, 15) is 4.79 Å². The lowest BCUT2D eigenvalue weighted by atomic mass is 10.2. The third-order valence-electron chi connectivity index (χ3n) is 2.91. The third kappa shape index (κ3) is 7.40. The van der Waals surface area contributed by atoms with Crippen LogP contribution in [0.25, 0.3) is 0 Å². The monoisotopic (exact) mass is 338 g/mol. The molecule has 0 aliphatic rings. The fraction of sp³-hybridized carbons (Fsp3) is 0.300. The lowest BCUT2D eigenvalue weighted by Gasteiger charge is -2.18. The maximum absolute atomic E-state index is 11.5. The lowest BCUT2D eigenvalue weighted by Crippen LogP contribution is -2.32. The number of hydrogen-bond acceptors (Lipinski definition) is 4. The van der Waals surface area contributed by atoms with Gasteiger partial charge >= 0.3 is 6.09 Å². The van der Waals surface area contributed by atoms with Gasteiger partial charge in [-0.3, -0.25) is 4.98 Å². The summed E-state index contributed by atoms with van der Waals surface area (Å²) in [5.74, 6) is 6.45. The van der Waals surface area contributed by atoms with Crippen molar-refractivity contribution >= 4 is 6.09 Å². The predicted octanol–water partition coefficient (Wildman–Crippen LogP) is 3.54. The average molecular weight is 338 g/mol. The number of amides is 1. The Labute approximate surface area is 148 Å². The van der Waals surface area contributed by atoms with Gasteiger partial charge in [0.15, 0.2) is 0 Å². The molecule has 0 saturated carbocycles. The van der Waals surface area contributed by atoms with Crippen LogP contribution < -0.4 is 10.1 Å². The number of alkyl carbamates (subject to hydrolysis) is 1. The van der Waals surface area contributed by atoms with Gasteiger partial charge in [0.05, 0.1) is 12.7 Å². The molecule has 0 spiro atoms. The van der Waals surface area contributed by atoms with Crippen LogP contribution in [0.5, 0.6) is 5.75 Å². The van der Waals surface area contributed by atoms with Crippen LogP contribution in [-0.2, 0) is 11.3 Å². The predicted molar refractivity (Wildman–Crippen MR) is 96.1 cm³/mol. The van der Waals surface area contributed by atoms with E-state index in [0.717, 1.165) is 11.1 Å². The van der Waals surface area contributed by atoms with Crippen molar-refractivity contribution < 1.29 is 14.3 Å². The quantitative estimate of drug-likeness (QED) is 0.866. The Bertz CT molecular complexity index is 756. The van der Waals surface area contributed by atoms with Gasteiger partial charge in [0.1, 0.15) is 18.0 Å². The molecule has 1 aromatic heterocycles. The molecular formula is C20H22N2O3. The number of hydrogen-bond donors (Lipinski definition) is 1. The minimum absolute atomic E-state index is 0.198. The van der Waals surface area contributed by atoms with Crippen molar-refractivity contribution in [3.8, 4) is 17.6 Å². The molecular weight excluding hydrogens is 316 g/mol. The van der Waals surface area contributed by atoms with E-state index >= 15 is 0 Å². The largest absolute Gasteiger partial charge is 0.487 e. The topological polar surface area (TPSA) is 60.5 Å². The molecule has 1 amide bonds. The zero-order valence-corrected chi connectivity index (χ0v) is 14.7. The molecule has 5 heteroatoms. The zero-order chi connectivity index (χ0) is 18.1. The van der Waals surface area contributed by atoms with Gasteiger partial charge in [0.25, 0.3) is 0 Å². The Balaban J connectivity index is 1.84. The van der Waals surface area contributed by atoms with E-state index < -0.39 is 11.7 Å². The molecule has 0 radical (unpaired) electrons. The van der Waals surface area contributed by atoms with Gasteiger partial charge in [-0.1, -0.05) is 42.2 Å². The van der Waals surface area contributed by atoms with Crippen LogP contribution in [-0.4, -0.2) is 23.2 Å². The van der Waals surface area contributed by atoms with Gasteiger partial charge in [-0.2, -0.15) is 0 Å². The van der Waals surface area contributed by atoms with E-state index in [0.29, 0.717) is 12.4 Å². The Morgan fingerprint density at radius 2 is 1.96 bits per heavy atom. The first-order valence-electron chi connectivity index (χ1n) is 8.00. The fourth-order valence-electron chi connectivity index (χ4n) is 1.88. The van der Waals surface area contributed by atoms with Crippen molar-refractivity contribution in [1.82, 2.24) is 10.3 Å². The summed E-state index contributed by atoms with van der Waals surface area (Å²) in [6.45, 7) is 6.10. The first-order chi connectivity index (χ1) is 11.9. The number of benzene rings is 1. The van der Waals surface area contributed by atoms with Crippen LogP contribution >= 0.6 is 0 Å². The minimum atomic E-state index is -0.522. The number of ether oxygens (including phenoxy) is 2. The molecule has 2 rings (SSSR count). The summed E-state index contributed by atoms with van der Waals surface area (Å²) in [6.07, 6.45) is 2.81. The Kier molecular flexibility index (Phi) is 6.41. The molecule has 0 aliphatic carbocycles. The van der Waals surface area contributed by atoms with Crippen LogP contribution in [0.1, 0.15) is 31.9 Å². The molecule has 5 nitrogen and oxygen atoms in total. The summed E-state index contributed by atoms with van der Waals surface area (Å²) in [4.78, 5) is 15.6. The van der Waals surface area contributed by atoms with Gasteiger partial charge in [0, 0.05) is 11.8 Å². The van der Waals surface area contributed by atoms with E-state index in [1.165, 1.54) is 0 Å². The highest BCUT2D eigenvalue weighted by molar-refractivity contribution is 5.68. The van der Waals surface area contributed by atoms with Crippen molar-refractivity contribution in [2.75, 3.05) is 6.54 Å². The van der Waals surface area contributed by atoms with Crippen LogP contribution in [0.4, 0.5) is 4.79 Å². The number of carbonyl (C=O) groups excluding carboxylic acids is 1. The molecule has 1 N–H and O–H groups in total. The van der Waals surface area contributed by atoms with E-state index in [2.05, 4.69) is 22.1 Å². The van der Waals surface area contributed by atoms with Crippen LogP contribution in [0.15, 0.2) is 48.8 Å². The second-order valence-corrected chi connectivity index (χ2v) is 6.34. The second kappa shape index (κ2) is 8.74. The molecule has 0 saturated heterocycles. The fourth-order valence-corrected chi connectivity index (χ4v) is 1.88. The first-order valence-corrected chi connectivity index (χ1v) is 8.00. The summed E-state index contributed by atoms with van der Waals surface area (Å²) in [6, 6.07) is 11.7. The van der Waals surface area contributed by atoms with Crippen molar-refractivity contribution in [1.29, 1.82) is 0 Å².